The first-order valence-electron chi connectivity index (χ1n) is 7.58. The lowest BCUT2D eigenvalue weighted by atomic mass is 10.2. The number of rotatable bonds is 5. The molecule has 0 aromatic carbocycles. The van der Waals surface area contributed by atoms with Gasteiger partial charge in [0, 0.05) is 23.7 Å². The number of hydrogen-bond donors (Lipinski definition) is 0. The van der Waals surface area contributed by atoms with Crippen LogP contribution in [0.5, 0.6) is 0 Å². The fourth-order valence-electron chi connectivity index (χ4n) is 3.16. The molecule has 108 valence electrons. The Kier molecular flexibility index (Phi) is 6.18. The summed E-state index contributed by atoms with van der Waals surface area (Å²) in [5.74, 6) is 0. The summed E-state index contributed by atoms with van der Waals surface area (Å²) < 4.78 is 0. The molecular formula is C15H36Si3. The Morgan fingerprint density at radius 3 is 1.17 bits per heavy atom. The van der Waals surface area contributed by atoms with E-state index in [-0.39, 0.29) is 0 Å². The van der Waals surface area contributed by atoms with E-state index in [1.165, 1.54) is 8.55 Å². The van der Waals surface area contributed by atoms with Crippen molar-refractivity contribution in [2.75, 3.05) is 0 Å². The minimum absolute atomic E-state index is 0.544. The van der Waals surface area contributed by atoms with E-state index in [4.69, 9.17) is 0 Å². The molecule has 0 nitrogen and oxygen atoms in total. The van der Waals surface area contributed by atoms with Gasteiger partial charge >= 0.3 is 0 Å². The van der Waals surface area contributed by atoms with E-state index in [1.54, 1.807) is 0 Å². The Bertz CT molecular complexity index is 238. The predicted molar refractivity (Wildman–Crippen MR) is 94.0 cm³/mol. The molecule has 0 saturated carbocycles. The van der Waals surface area contributed by atoms with Crippen LogP contribution in [0.15, 0.2) is 0 Å². The van der Waals surface area contributed by atoms with Crippen LogP contribution in [-0.4, -0.2) is 23.7 Å². The molecule has 0 amide bonds. The SMILES string of the molecule is CC(C)[Si]([Si][Si](C)(C)C(C)(C)C)(C(C)C)C(C)C. The highest BCUT2D eigenvalue weighted by Crippen LogP contribution is 2.45. The molecule has 0 saturated heterocycles. The summed E-state index contributed by atoms with van der Waals surface area (Å²) in [6.07, 6.45) is 0. The first-order valence-corrected chi connectivity index (χ1v) is 15.8. The van der Waals surface area contributed by atoms with Crippen LogP contribution in [0, 0.1) is 0 Å². The van der Waals surface area contributed by atoms with Gasteiger partial charge in [0.15, 0.2) is 0 Å². The van der Waals surface area contributed by atoms with E-state index >= 15 is 0 Å². The van der Waals surface area contributed by atoms with Gasteiger partial charge in [0.2, 0.25) is 0 Å². The zero-order valence-electron chi connectivity index (χ0n) is 14.7. The van der Waals surface area contributed by atoms with Gasteiger partial charge in [0.05, 0.1) is 0 Å². The lowest BCUT2D eigenvalue weighted by Crippen LogP contribution is -2.62. The Hall–Kier alpha value is 0.651. The largest absolute Gasteiger partial charge is 0.0715 e. The molecular weight excluding hydrogens is 264 g/mol. The van der Waals surface area contributed by atoms with Crippen LogP contribution in [0.4, 0.5) is 0 Å². The van der Waals surface area contributed by atoms with Crippen molar-refractivity contribution < 1.29 is 0 Å². The first kappa shape index (κ1) is 18.7. The van der Waals surface area contributed by atoms with Gasteiger partial charge in [-0.2, -0.15) is 0 Å². The van der Waals surface area contributed by atoms with Gasteiger partial charge in [-0.3, -0.25) is 0 Å². The fraction of sp³-hybridized carbons (Fsp3) is 1.00. The molecule has 0 bridgehead atoms. The molecule has 0 aliphatic heterocycles. The Morgan fingerprint density at radius 2 is 1.00 bits per heavy atom. The molecule has 0 aromatic rings. The smallest absolute Gasteiger partial charge is 0.0465 e. The monoisotopic (exact) mass is 300 g/mol. The van der Waals surface area contributed by atoms with E-state index in [0.717, 1.165) is 16.6 Å². The second-order valence-corrected chi connectivity index (χ2v) is 28.1. The summed E-state index contributed by atoms with van der Waals surface area (Å²) in [6.45, 7) is 27.8. The third-order valence-electron chi connectivity index (χ3n) is 5.27. The van der Waals surface area contributed by atoms with Gasteiger partial charge < -0.3 is 0 Å². The maximum absolute atomic E-state index is 2.64. The highest BCUT2D eigenvalue weighted by Gasteiger charge is 2.49. The summed E-state index contributed by atoms with van der Waals surface area (Å²) in [5.41, 5.74) is 2.76. The fourth-order valence-corrected chi connectivity index (χ4v) is 37.4. The second-order valence-electron chi connectivity index (χ2n) is 8.40. The molecule has 0 heterocycles. The third kappa shape index (κ3) is 3.60. The normalized spacial score (nSPS) is 15.0. The van der Waals surface area contributed by atoms with Gasteiger partial charge in [-0.25, -0.2) is 0 Å². The van der Waals surface area contributed by atoms with Crippen LogP contribution in [0.3, 0.4) is 0 Å². The zero-order chi connectivity index (χ0) is 14.9. The zero-order valence-corrected chi connectivity index (χ0v) is 17.7. The summed E-state index contributed by atoms with van der Waals surface area (Å²) in [6, 6.07) is 0. The molecule has 2 radical (unpaired) electrons. The van der Waals surface area contributed by atoms with E-state index < -0.39 is 15.2 Å². The number of hydrogen-bond acceptors (Lipinski definition) is 0. The average molecular weight is 301 g/mol. The quantitative estimate of drug-likeness (QED) is 0.557. The third-order valence-corrected chi connectivity index (χ3v) is 36.0. The molecule has 0 atom stereocenters. The summed E-state index contributed by atoms with van der Waals surface area (Å²) in [4.78, 5) is 0. The Balaban J connectivity index is 5.52. The van der Waals surface area contributed by atoms with Crippen LogP contribution in [0.25, 0.3) is 0 Å². The van der Waals surface area contributed by atoms with Crippen molar-refractivity contribution in [1.29, 1.82) is 0 Å². The Labute approximate surface area is 121 Å². The van der Waals surface area contributed by atoms with Crippen LogP contribution in [0.2, 0.25) is 34.8 Å². The van der Waals surface area contributed by atoms with Crippen molar-refractivity contribution >= 4 is 23.7 Å². The molecule has 0 aliphatic rings. The van der Waals surface area contributed by atoms with Crippen LogP contribution < -0.4 is 0 Å². The Morgan fingerprint density at radius 1 is 0.722 bits per heavy atom. The summed E-state index contributed by atoms with van der Waals surface area (Å²) >= 11 is 0. The molecule has 0 aliphatic carbocycles. The highest BCUT2D eigenvalue weighted by molar-refractivity contribution is 7.54. The van der Waals surface area contributed by atoms with Crippen LogP contribution in [-0.2, 0) is 0 Å². The average Bonchev–Trinajstić information content (AvgIpc) is 2.10. The maximum Gasteiger partial charge on any atom is 0.0465 e. The minimum atomic E-state index is -1.18. The van der Waals surface area contributed by atoms with Crippen molar-refractivity contribution in [2.24, 2.45) is 0 Å². The highest BCUT2D eigenvalue weighted by atomic mass is 29.6. The standard InChI is InChI=1S/C15H36Si3/c1-12(2)18(13(3)4,14(5)6)16-17(10,11)15(7,8)9/h12-14H,1-11H3. The predicted octanol–water partition coefficient (Wildman–Crippen LogP) is 5.87. The molecule has 0 unspecified atom stereocenters. The van der Waals surface area contributed by atoms with E-state index in [2.05, 4.69) is 75.4 Å². The molecule has 0 aromatic heterocycles. The van der Waals surface area contributed by atoms with Crippen molar-refractivity contribution in [3.8, 4) is 0 Å². The lowest BCUT2D eigenvalue weighted by Gasteiger charge is -2.50. The van der Waals surface area contributed by atoms with Crippen molar-refractivity contribution in [1.82, 2.24) is 0 Å². The van der Waals surface area contributed by atoms with E-state index in [9.17, 15) is 0 Å². The van der Waals surface area contributed by atoms with Crippen LogP contribution in [0.1, 0.15) is 62.3 Å². The minimum Gasteiger partial charge on any atom is -0.0715 e. The molecule has 0 N–H and O–H groups in total. The van der Waals surface area contributed by atoms with Gasteiger partial charge in [-0.05, 0) is 5.04 Å². The van der Waals surface area contributed by atoms with Gasteiger partial charge in [-0.15, -0.1) is 0 Å². The maximum atomic E-state index is 2.64. The molecule has 0 fully saturated rings. The molecule has 18 heavy (non-hydrogen) atoms. The summed E-state index contributed by atoms with van der Waals surface area (Å²) in [7, 11) is -1.03. The van der Waals surface area contributed by atoms with E-state index in [0.29, 0.717) is 5.04 Å². The first-order chi connectivity index (χ1) is 7.79. The lowest BCUT2D eigenvalue weighted by molar-refractivity contribution is 0.734. The van der Waals surface area contributed by atoms with Gasteiger partial charge in [0.1, 0.15) is 0 Å². The van der Waals surface area contributed by atoms with Gasteiger partial charge in [0.25, 0.3) is 0 Å². The molecule has 0 spiro atoms. The second kappa shape index (κ2) is 5.96. The van der Waals surface area contributed by atoms with E-state index in [1.807, 2.05) is 0 Å². The topological polar surface area (TPSA) is 0 Å². The molecule has 0 rings (SSSR count). The van der Waals surface area contributed by atoms with Crippen molar-refractivity contribution in [3.05, 3.63) is 0 Å². The summed E-state index contributed by atoms with van der Waals surface area (Å²) in [5, 5.41) is 0.544. The van der Waals surface area contributed by atoms with Crippen LogP contribution >= 0.6 is 0 Å². The van der Waals surface area contributed by atoms with Crippen molar-refractivity contribution in [3.63, 3.8) is 0 Å². The molecule has 3 heteroatoms. The van der Waals surface area contributed by atoms with Gasteiger partial charge in [-0.1, -0.05) is 92.0 Å². The van der Waals surface area contributed by atoms with Crippen molar-refractivity contribution in [2.45, 2.75) is 97.1 Å².